The lowest BCUT2D eigenvalue weighted by Crippen LogP contribution is -2.33. The van der Waals surface area contributed by atoms with Crippen molar-refractivity contribution in [2.24, 2.45) is 0 Å². The molecule has 1 atom stereocenters. The van der Waals surface area contributed by atoms with Crippen molar-refractivity contribution >= 4 is 21.6 Å². The normalized spacial score (nSPS) is 18.2. The molecule has 1 saturated heterocycles. The second kappa shape index (κ2) is 9.41. The van der Waals surface area contributed by atoms with Crippen LogP contribution in [0, 0.1) is 12.7 Å². The number of hydrogen-bond acceptors (Lipinski definition) is 5. The highest BCUT2D eigenvalue weighted by atomic mass is 32.2. The van der Waals surface area contributed by atoms with E-state index in [2.05, 4.69) is 19.5 Å². The summed E-state index contributed by atoms with van der Waals surface area (Å²) in [6, 6.07) is 9.41. The summed E-state index contributed by atoms with van der Waals surface area (Å²) in [4.78, 5) is 15.5. The van der Waals surface area contributed by atoms with Gasteiger partial charge in [0.05, 0.1) is 10.9 Å². The third kappa shape index (κ3) is 4.67. The van der Waals surface area contributed by atoms with Gasteiger partial charge in [0.2, 0.25) is 0 Å². The van der Waals surface area contributed by atoms with E-state index in [0.29, 0.717) is 17.7 Å². The fraction of sp³-hybridized carbons (Fsp3) is 0.400. The lowest BCUT2D eigenvalue weighted by molar-refractivity contribution is 0.0726. The predicted molar refractivity (Wildman–Crippen MR) is 129 cm³/mol. The molecule has 1 aromatic heterocycles. The molecule has 2 aliphatic heterocycles. The molecule has 0 radical (unpaired) electrons. The lowest BCUT2D eigenvalue weighted by atomic mass is 10.1. The molecule has 184 valence electrons. The van der Waals surface area contributed by atoms with Crippen LogP contribution in [-0.4, -0.2) is 40.5 Å². The smallest absolute Gasteiger partial charge is 0.261 e. The van der Waals surface area contributed by atoms with Crippen molar-refractivity contribution in [3.8, 4) is 0 Å². The molecule has 0 spiro atoms. The zero-order valence-corrected chi connectivity index (χ0v) is 20.4. The summed E-state index contributed by atoms with van der Waals surface area (Å²) in [6.45, 7) is 3.24. The van der Waals surface area contributed by atoms with Crippen LogP contribution in [0.1, 0.15) is 65.7 Å². The minimum Gasteiger partial charge on any atom is -0.328 e. The maximum absolute atomic E-state index is 13.7. The van der Waals surface area contributed by atoms with E-state index in [0.717, 1.165) is 56.7 Å². The first-order valence-electron chi connectivity index (χ1n) is 12.0. The number of nitrogens with zero attached hydrogens (tertiary/aromatic N) is 4. The molecule has 0 bridgehead atoms. The van der Waals surface area contributed by atoms with Gasteiger partial charge >= 0.3 is 0 Å². The average Bonchev–Trinajstić information content (AvgIpc) is 3.41. The van der Waals surface area contributed by atoms with Gasteiger partial charge in [-0.3, -0.25) is 9.52 Å². The van der Waals surface area contributed by atoms with Gasteiger partial charge in [-0.15, -0.1) is 10.2 Å². The molecule has 2 aliphatic rings. The summed E-state index contributed by atoms with van der Waals surface area (Å²) in [6.07, 6.45) is 5.86. The third-order valence-electron chi connectivity index (χ3n) is 6.80. The summed E-state index contributed by atoms with van der Waals surface area (Å²) in [7, 11) is -3.96. The SMILES string of the molecule is Cc1ccc(S(=O)(=O)Nc2ccc(F)cc2)cc1C(=O)N1CCCC1c1nnc2n1CCCCC2. The number of aryl methyl sites for hydroxylation is 2. The Hall–Kier alpha value is -3.27. The van der Waals surface area contributed by atoms with Crippen molar-refractivity contribution in [1.29, 1.82) is 0 Å². The van der Waals surface area contributed by atoms with E-state index >= 15 is 0 Å². The van der Waals surface area contributed by atoms with Crippen molar-refractivity contribution in [3.05, 3.63) is 71.1 Å². The molecule has 1 fully saturated rings. The molecule has 8 nitrogen and oxygen atoms in total. The second-order valence-electron chi connectivity index (χ2n) is 9.18. The zero-order chi connectivity index (χ0) is 24.6. The van der Waals surface area contributed by atoms with Gasteiger partial charge in [0, 0.05) is 30.8 Å². The highest BCUT2D eigenvalue weighted by Gasteiger charge is 2.35. The van der Waals surface area contributed by atoms with E-state index in [1.165, 1.54) is 36.4 Å². The van der Waals surface area contributed by atoms with Gasteiger partial charge in [-0.1, -0.05) is 12.5 Å². The van der Waals surface area contributed by atoms with Crippen molar-refractivity contribution in [1.82, 2.24) is 19.7 Å². The van der Waals surface area contributed by atoms with Crippen molar-refractivity contribution in [2.75, 3.05) is 11.3 Å². The topological polar surface area (TPSA) is 97.2 Å². The standard InChI is InChI=1S/C25H28FN5O3S/c1-17-8-13-20(35(33,34)29-19-11-9-18(26)10-12-19)16-21(17)25(32)30-15-5-6-22(30)24-28-27-23-7-3-2-4-14-31(23)24/h8-13,16,22,29H,2-7,14-15H2,1H3. The Kier molecular flexibility index (Phi) is 6.31. The number of anilines is 1. The van der Waals surface area contributed by atoms with Crippen LogP contribution in [-0.2, 0) is 23.0 Å². The molecule has 3 heterocycles. The zero-order valence-electron chi connectivity index (χ0n) is 19.6. The second-order valence-corrected chi connectivity index (χ2v) is 10.9. The van der Waals surface area contributed by atoms with Crippen LogP contribution in [0.25, 0.3) is 0 Å². The van der Waals surface area contributed by atoms with Crippen LogP contribution in [0.5, 0.6) is 0 Å². The van der Waals surface area contributed by atoms with Crippen LogP contribution < -0.4 is 4.72 Å². The molecule has 5 rings (SSSR count). The molecule has 1 N–H and O–H groups in total. The monoisotopic (exact) mass is 497 g/mol. The molecular formula is C25H28FN5O3S. The van der Waals surface area contributed by atoms with Gasteiger partial charge in [0.1, 0.15) is 11.6 Å². The Morgan fingerprint density at radius 3 is 2.63 bits per heavy atom. The van der Waals surface area contributed by atoms with Gasteiger partial charge in [-0.2, -0.15) is 0 Å². The predicted octanol–water partition coefficient (Wildman–Crippen LogP) is 4.23. The molecule has 0 saturated carbocycles. The number of sulfonamides is 1. The highest BCUT2D eigenvalue weighted by molar-refractivity contribution is 7.92. The average molecular weight is 498 g/mol. The summed E-state index contributed by atoms with van der Waals surface area (Å²) >= 11 is 0. The van der Waals surface area contributed by atoms with Crippen LogP contribution >= 0.6 is 0 Å². The van der Waals surface area contributed by atoms with E-state index in [1.54, 1.807) is 17.9 Å². The maximum atomic E-state index is 13.7. The minimum atomic E-state index is -3.96. The fourth-order valence-electron chi connectivity index (χ4n) is 4.92. The summed E-state index contributed by atoms with van der Waals surface area (Å²) in [5.41, 5.74) is 1.28. The minimum absolute atomic E-state index is 0.0251. The van der Waals surface area contributed by atoms with Crippen LogP contribution in [0.15, 0.2) is 47.4 Å². The Morgan fingerprint density at radius 1 is 1.03 bits per heavy atom. The first-order valence-corrected chi connectivity index (χ1v) is 13.4. The summed E-state index contributed by atoms with van der Waals surface area (Å²) < 4.78 is 43.8. The van der Waals surface area contributed by atoms with Crippen LogP contribution in [0.4, 0.5) is 10.1 Å². The van der Waals surface area contributed by atoms with Gasteiger partial charge in [-0.25, -0.2) is 12.8 Å². The van der Waals surface area contributed by atoms with Crippen molar-refractivity contribution < 1.29 is 17.6 Å². The van der Waals surface area contributed by atoms with Gasteiger partial charge in [-0.05, 0) is 74.6 Å². The Bertz CT molecular complexity index is 1350. The molecule has 1 amide bonds. The largest absolute Gasteiger partial charge is 0.328 e. The maximum Gasteiger partial charge on any atom is 0.261 e. The first-order chi connectivity index (χ1) is 16.8. The molecular weight excluding hydrogens is 469 g/mol. The van der Waals surface area contributed by atoms with Crippen molar-refractivity contribution in [2.45, 2.75) is 62.9 Å². The number of nitrogens with one attached hydrogen (secondary N) is 1. The molecule has 3 aromatic rings. The molecule has 2 aromatic carbocycles. The van der Waals surface area contributed by atoms with Gasteiger partial charge in [0.15, 0.2) is 5.82 Å². The number of carbonyl (C=O) groups is 1. The fourth-order valence-corrected chi connectivity index (χ4v) is 6.00. The number of aromatic nitrogens is 3. The summed E-state index contributed by atoms with van der Waals surface area (Å²) in [5.74, 6) is 1.13. The lowest BCUT2D eigenvalue weighted by Gasteiger charge is -2.25. The number of benzene rings is 2. The Morgan fingerprint density at radius 2 is 1.83 bits per heavy atom. The number of likely N-dealkylation sites (tertiary alicyclic amines) is 1. The Labute approximate surface area is 204 Å². The van der Waals surface area contributed by atoms with E-state index in [4.69, 9.17) is 0 Å². The molecule has 0 aliphatic carbocycles. The Balaban J connectivity index is 1.43. The van der Waals surface area contributed by atoms with E-state index in [9.17, 15) is 17.6 Å². The van der Waals surface area contributed by atoms with Crippen LogP contribution in [0.2, 0.25) is 0 Å². The highest BCUT2D eigenvalue weighted by Crippen LogP contribution is 2.34. The summed E-state index contributed by atoms with van der Waals surface area (Å²) in [5, 5.41) is 8.87. The number of fused-ring (bicyclic) bond motifs is 1. The number of rotatable bonds is 5. The van der Waals surface area contributed by atoms with Crippen molar-refractivity contribution in [3.63, 3.8) is 0 Å². The number of halogens is 1. The van der Waals surface area contributed by atoms with Gasteiger partial charge in [0.25, 0.3) is 15.9 Å². The number of hydrogen-bond donors (Lipinski definition) is 1. The van der Waals surface area contributed by atoms with E-state index < -0.39 is 15.8 Å². The van der Waals surface area contributed by atoms with Crippen LogP contribution in [0.3, 0.4) is 0 Å². The quantitative estimate of drug-likeness (QED) is 0.569. The third-order valence-corrected chi connectivity index (χ3v) is 8.17. The number of carbonyl (C=O) groups excluding carboxylic acids is 1. The van der Waals surface area contributed by atoms with Gasteiger partial charge < -0.3 is 9.47 Å². The number of amides is 1. The van der Waals surface area contributed by atoms with E-state index in [1.807, 2.05) is 0 Å². The molecule has 10 heteroatoms. The molecule has 1 unspecified atom stereocenters. The first kappa shape index (κ1) is 23.5. The van der Waals surface area contributed by atoms with E-state index in [-0.39, 0.29) is 22.5 Å². The molecule has 35 heavy (non-hydrogen) atoms.